The molecule has 0 spiro atoms. The number of nitrogens with zero attached hydrogens (tertiary/aromatic N) is 3. The van der Waals surface area contributed by atoms with Gasteiger partial charge in [0.25, 0.3) is 5.91 Å². The Kier molecular flexibility index (Phi) is 7.06. The lowest BCUT2D eigenvalue weighted by Crippen LogP contribution is -2.51. The third kappa shape index (κ3) is 5.57. The number of anilines is 1. The molecular weight excluding hydrogens is 410 g/mol. The van der Waals surface area contributed by atoms with E-state index in [1.54, 1.807) is 12.3 Å². The first-order valence-corrected chi connectivity index (χ1v) is 11.2. The zero-order valence-corrected chi connectivity index (χ0v) is 17.5. The maximum Gasteiger partial charge on any atom is 0.287 e. The van der Waals surface area contributed by atoms with Crippen molar-refractivity contribution in [1.82, 2.24) is 19.9 Å². The molecule has 2 N–H and O–H groups in total. The second kappa shape index (κ2) is 9.72. The van der Waals surface area contributed by atoms with Crippen LogP contribution in [0.15, 0.2) is 47.2 Å². The van der Waals surface area contributed by atoms with Crippen LogP contribution in [0.1, 0.15) is 17.5 Å². The van der Waals surface area contributed by atoms with Gasteiger partial charge in [-0.05, 0) is 31.2 Å². The van der Waals surface area contributed by atoms with Crippen LogP contribution in [0.25, 0.3) is 0 Å². The Bertz CT molecular complexity index is 941. The van der Waals surface area contributed by atoms with E-state index in [0.717, 1.165) is 5.82 Å². The number of amides is 2. The van der Waals surface area contributed by atoms with Crippen LogP contribution >= 0.6 is 0 Å². The zero-order valence-electron chi connectivity index (χ0n) is 16.7. The number of nitrogens with one attached hydrogen (secondary N) is 2. The SMILES string of the molecule is C[C@@H](NC(=O)c1ccco1)C(=O)NCCS(=O)(=O)N1CCN(c2ccccn2)CC1. The third-order valence-corrected chi connectivity index (χ3v) is 6.62. The first-order valence-electron chi connectivity index (χ1n) is 9.63. The molecular formula is C19H25N5O5S. The van der Waals surface area contributed by atoms with Crippen molar-refractivity contribution >= 4 is 27.7 Å². The number of aromatic nitrogens is 1. The predicted octanol–water partition coefficient (Wildman–Crippen LogP) is 0.0611. The van der Waals surface area contributed by atoms with Crippen molar-refractivity contribution in [2.24, 2.45) is 0 Å². The summed E-state index contributed by atoms with van der Waals surface area (Å²) in [5.41, 5.74) is 0. The highest BCUT2D eigenvalue weighted by molar-refractivity contribution is 7.89. The number of carbonyl (C=O) groups excluding carboxylic acids is 2. The summed E-state index contributed by atoms with van der Waals surface area (Å²) in [6.07, 6.45) is 3.07. The lowest BCUT2D eigenvalue weighted by Gasteiger charge is -2.34. The van der Waals surface area contributed by atoms with Gasteiger partial charge in [0, 0.05) is 38.9 Å². The molecule has 2 aromatic rings. The van der Waals surface area contributed by atoms with Crippen LogP contribution in [-0.4, -0.2) is 74.0 Å². The normalized spacial score (nSPS) is 16.1. The number of hydrogen-bond donors (Lipinski definition) is 2. The molecule has 10 nitrogen and oxygen atoms in total. The molecule has 2 aromatic heterocycles. The standard InChI is InChI=1S/C19H25N5O5S/c1-15(22-19(26)16-5-4-13-29-16)18(25)21-8-14-30(27,28)24-11-9-23(10-12-24)17-6-2-3-7-20-17/h2-7,13,15H,8-12,14H2,1H3,(H,21,25)(H,22,26)/t15-/m1/s1. The summed E-state index contributed by atoms with van der Waals surface area (Å²) in [6, 6.07) is 7.85. The van der Waals surface area contributed by atoms with Crippen molar-refractivity contribution in [1.29, 1.82) is 0 Å². The van der Waals surface area contributed by atoms with Crippen LogP contribution in [-0.2, 0) is 14.8 Å². The molecule has 1 atom stereocenters. The van der Waals surface area contributed by atoms with Crippen LogP contribution in [0.2, 0.25) is 0 Å². The van der Waals surface area contributed by atoms with Crippen LogP contribution in [0.4, 0.5) is 5.82 Å². The highest BCUT2D eigenvalue weighted by atomic mass is 32.2. The van der Waals surface area contributed by atoms with E-state index in [4.69, 9.17) is 4.42 Å². The first-order chi connectivity index (χ1) is 14.4. The van der Waals surface area contributed by atoms with Gasteiger partial charge in [-0.15, -0.1) is 0 Å². The van der Waals surface area contributed by atoms with Crippen molar-refractivity contribution < 1.29 is 22.4 Å². The van der Waals surface area contributed by atoms with Gasteiger partial charge in [-0.2, -0.15) is 4.31 Å². The fourth-order valence-corrected chi connectivity index (χ4v) is 4.40. The lowest BCUT2D eigenvalue weighted by molar-refractivity contribution is -0.122. The maximum atomic E-state index is 12.6. The third-order valence-electron chi connectivity index (χ3n) is 4.75. The molecule has 11 heteroatoms. The molecule has 3 heterocycles. The topological polar surface area (TPSA) is 125 Å². The van der Waals surface area contributed by atoms with Crippen LogP contribution < -0.4 is 15.5 Å². The minimum Gasteiger partial charge on any atom is -0.459 e. The Labute approximate surface area is 175 Å². The summed E-state index contributed by atoms with van der Waals surface area (Å²) in [4.78, 5) is 30.4. The second-order valence-corrected chi connectivity index (χ2v) is 8.94. The molecule has 162 valence electrons. The molecule has 1 fully saturated rings. The Morgan fingerprint density at radius 3 is 2.57 bits per heavy atom. The summed E-state index contributed by atoms with van der Waals surface area (Å²) in [5.74, 6) is -0.262. The number of rotatable bonds is 8. The van der Waals surface area contributed by atoms with E-state index in [1.807, 2.05) is 23.1 Å². The number of furan rings is 1. The summed E-state index contributed by atoms with van der Waals surface area (Å²) < 4.78 is 31.5. The molecule has 0 aromatic carbocycles. The van der Waals surface area contributed by atoms with Gasteiger partial charge in [-0.1, -0.05) is 6.07 Å². The molecule has 3 rings (SSSR count). The van der Waals surface area contributed by atoms with Gasteiger partial charge in [0.1, 0.15) is 11.9 Å². The number of piperazine rings is 1. The Morgan fingerprint density at radius 1 is 1.17 bits per heavy atom. The second-order valence-electron chi connectivity index (χ2n) is 6.85. The van der Waals surface area contributed by atoms with E-state index in [0.29, 0.717) is 26.2 Å². The van der Waals surface area contributed by atoms with Crippen molar-refractivity contribution in [3.63, 3.8) is 0 Å². The average Bonchev–Trinajstić information content (AvgIpc) is 3.29. The van der Waals surface area contributed by atoms with Gasteiger partial charge in [0.05, 0.1) is 12.0 Å². The zero-order chi connectivity index (χ0) is 21.6. The Balaban J connectivity index is 1.41. The molecule has 1 aliphatic heterocycles. The van der Waals surface area contributed by atoms with Gasteiger partial charge in [-0.25, -0.2) is 13.4 Å². The molecule has 0 saturated carbocycles. The largest absolute Gasteiger partial charge is 0.459 e. The first kappa shape index (κ1) is 21.8. The summed E-state index contributed by atoms with van der Waals surface area (Å²) in [6.45, 7) is 3.31. The van der Waals surface area contributed by atoms with Crippen LogP contribution in [0, 0.1) is 0 Å². The van der Waals surface area contributed by atoms with E-state index in [-0.39, 0.29) is 18.1 Å². The van der Waals surface area contributed by atoms with Gasteiger partial charge < -0.3 is 20.0 Å². The number of hydrogen-bond acceptors (Lipinski definition) is 7. The molecule has 0 radical (unpaired) electrons. The van der Waals surface area contributed by atoms with E-state index < -0.39 is 27.9 Å². The lowest BCUT2D eigenvalue weighted by atomic mass is 10.3. The van der Waals surface area contributed by atoms with Crippen LogP contribution in [0.5, 0.6) is 0 Å². The monoisotopic (exact) mass is 435 g/mol. The predicted molar refractivity (Wildman–Crippen MR) is 110 cm³/mol. The smallest absolute Gasteiger partial charge is 0.287 e. The molecule has 1 saturated heterocycles. The number of pyridine rings is 1. The van der Waals surface area contributed by atoms with Gasteiger partial charge in [0.2, 0.25) is 15.9 Å². The minimum atomic E-state index is -3.50. The molecule has 2 amide bonds. The molecule has 1 aliphatic rings. The average molecular weight is 436 g/mol. The fraction of sp³-hybridized carbons (Fsp3) is 0.421. The van der Waals surface area contributed by atoms with E-state index in [2.05, 4.69) is 15.6 Å². The number of sulfonamides is 1. The Hall–Kier alpha value is -2.92. The number of carbonyl (C=O) groups is 2. The molecule has 0 unspecified atom stereocenters. The van der Waals surface area contributed by atoms with E-state index in [9.17, 15) is 18.0 Å². The summed E-state index contributed by atoms with van der Waals surface area (Å²) >= 11 is 0. The highest BCUT2D eigenvalue weighted by Gasteiger charge is 2.27. The van der Waals surface area contributed by atoms with E-state index >= 15 is 0 Å². The van der Waals surface area contributed by atoms with Gasteiger partial charge >= 0.3 is 0 Å². The van der Waals surface area contributed by atoms with Crippen molar-refractivity contribution in [3.05, 3.63) is 48.6 Å². The molecule has 0 bridgehead atoms. The quantitative estimate of drug-likeness (QED) is 0.601. The van der Waals surface area contributed by atoms with Crippen molar-refractivity contribution in [3.8, 4) is 0 Å². The van der Waals surface area contributed by atoms with Gasteiger partial charge in [-0.3, -0.25) is 9.59 Å². The maximum absolute atomic E-state index is 12.6. The molecule has 30 heavy (non-hydrogen) atoms. The fourth-order valence-electron chi connectivity index (χ4n) is 3.06. The van der Waals surface area contributed by atoms with Crippen molar-refractivity contribution in [2.75, 3.05) is 43.4 Å². The minimum absolute atomic E-state index is 0.0391. The molecule has 0 aliphatic carbocycles. The van der Waals surface area contributed by atoms with E-state index in [1.165, 1.54) is 23.6 Å². The highest BCUT2D eigenvalue weighted by Crippen LogP contribution is 2.14. The van der Waals surface area contributed by atoms with Gasteiger partial charge in [0.15, 0.2) is 5.76 Å². The van der Waals surface area contributed by atoms with Crippen LogP contribution in [0.3, 0.4) is 0 Å². The summed E-state index contributed by atoms with van der Waals surface area (Å²) in [5, 5.41) is 5.05. The van der Waals surface area contributed by atoms with Crippen molar-refractivity contribution in [2.45, 2.75) is 13.0 Å². The summed E-state index contributed by atoms with van der Waals surface area (Å²) in [7, 11) is -3.50. The Morgan fingerprint density at radius 2 is 1.93 bits per heavy atom.